The molecule has 3 aromatic carbocycles. The second-order valence-corrected chi connectivity index (χ2v) is 8.48. The molecule has 27 heavy (non-hydrogen) atoms. The molecule has 0 amide bonds. The molecule has 3 aromatic rings. The largest absolute Gasteiger partial charge is 0.241 e. The molecule has 1 nitrogen and oxygen atoms in total. The lowest BCUT2D eigenvalue weighted by Crippen LogP contribution is -1.94. The minimum atomic E-state index is 0.751. The Labute approximate surface area is 174 Å². The lowest BCUT2D eigenvalue weighted by atomic mass is 10.2. The summed E-state index contributed by atoms with van der Waals surface area (Å²) in [7, 11) is 0. The van der Waals surface area contributed by atoms with Gasteiger partial charge >= 0.3 is 0 Å². The highest BCUT2D eigenvalue weighted by atomic mass is 35.5. The molecule has 0 heterocycles. The summed E-state index contributed by atoms with van der Waals surface area (Å²) >= 11 is 9.33. The summed E-state index contributed by atoms with van der Waals surface area (Å²) in [4.78, 5) is 7.21. The smallest absolute Gasteiger partial charge is 0.105 e. The van der Waals surface area contributed by atoms with Crippen LogP contribution in [-0.4, -0.2) is 5.04 Å². The van der Waals surface area contributed by atoms with E-state index in [1.54, 1.807) is 23.5 Å². The first-order valence-electron chi connectivity index (χ1n) is 8.58. The van der Waals surface area contributed by atoms with E-state index in [9.17, 15) is 0 Å². The minimum Gasteiger partial charge on any atom is -0.241 e. The van der Waals surface area contributed by atoms with E-state index >= 15 is 0 Å². The molecule has 0 saturated heterocycles. The highest BCUT2D eigenvalue weighted by Gasteiger charge is 2.07. The maximum absolute atomic E-state index is 5.97. The van der Waals surface area contributed by atoms with Crippen LogP contribution >= 0.6 is 35.1 Å². The van der Waals surface area contributed by atoms with E-state index in [1.807, 2.05) is 54.6 Å². The Balaban J connectivity index is 1.85. The Kier molecular flexibility index (Phi) is 7.22. The van der Waals surface area contributed by atoms with Crippen LogP contribution < -0.4 is 0 Å². The van der Waals surface area contributed by atoms with Crippen molar-refractivity contribution >= 4 is 45.9 Å². The Bertz CT molecular complexity index is 930. The van der Waals surface area contributed by atoms with Crippen LogP contribution in [0, 0.1) is 6.92 Å². The lowest BCUT2D eigenvalue weighted by molar-refractivity contribution is 1.38. The fraction of sp³-hybridized carbons (Fsp3) is 0.0870. The third-order valence-electron chi connectivity index (χ3n) is 3.75. The van der Waals surface area contributed by atoms with Gasteiger partial charge in [0, 0.05) is 14.8 Å². The maximum Gasteiger partial charge on any atom is 0.105 e. The predicted molar refractivity (Wildman–Crippen MR) is 122 cm³/mol. The predicted octanol–water partition coefficient (Wildman–Crippen LogP) is 8.17. The number of rotatable bonds is 5. The van der Waals surface area contributed by atoms with Crippen molar-refractivity contribution in [2.24, 2.45) is 4.99 Å². The quantitative estimate of drug-likeness (QED) is 0.239. The molecule has 3 rings (SSSR count). The standard InChI is InChI=1S/C23H20ClNS2/c1-17-8-12-22(13-9-17)27-23(25-20-6-4-3-5-7-20)18(2)16-26-21-14-10-19(24)11-15-21/h3-16H,1-2H3/b18-16?,25-23+. The zero-order chi connectivity index (χ0) is 19.1. The van der Waals surface area contributed by atoms with Crippen LogP contribution in [0.3, 0.4) is 0 Å². The Morgan fingerprint density at radius 2 is 1.48 bits per heavy atom. The number of nitrogens with zero attached hydrogens (tertiary/aromatic N) is 1. The topological polar surface area (TPSA) is 12.4 Å². The van der Waals surface area contributed by atoms with Crippen LogP contribution in [0.25, 0.3) is 0 Å². The fourth-order valence-electron chi connectivity index (χ4n) is 2.25. The number of halogens is 1. The van der Waals surface area contributed by atoms with E-state index in [4.69, 9.17) is 16.6 Å². The van der Waals surface area contributed by atoms with E-state index < -0.39 is 0 Å². The van der Waals surface area contributed by atoms with Gasteiger partial charge in [0.1, 0.15) is 5.04 Å². The van der Waals surface area contributed by atoms with Crippen LogP contribution in [0.1, 0.15) is 12.5 Å². The third kappa shape index (κ3) is 6.31. The molecule has 0 N–H and O–H groups in total. The number of hydrogen-bond acceptors (Lipinski definition) is 3. The molecule has 0 atom stereocenters. The molecular weight excluding hydrogens is 390 g/mol. The van der Waals surface area contributed by atoms with Gasteiger partial charge in [-0.2, -0.15) is 0 Å². The van der Waals surface area contributed by atoms with E-state index in [0.717, 1.165) is 26.2 Å². The summed E-state index contributed by atoms with van der Waals surface area (Å²) < 4.78 is 0. The Hall–Kier alpha value is -1.94. The van der Waals surface area contributed by atoms with Gasteiger partial charge in [-0.15, -0.1) is 0 Å². The van der Waals surface area contributed by atoms with Gasteiger partial charge < -0.3 is 0 Å². The molecule has 0 fully saturated rings. The van der Waals surface area contributed by atoms with Gasteiger partial charge in [0.25, 0.3) is 0 Å². The third-order valence-corrected chi connectivity index (χ3v) is 6.13. The summed E-state index contributed by atoms with van der Waals surface area (Å²) in [5.74, 6) is 0. The monoisotopic (exact) mass is 409 g/mol. The van der Waals surface area contributed by atoms with E-state index in [2.05, 4.69) is 43.5 Å². The van der Waals surface area contributed by atoms with Crippen LogP contribution in [0.15, 0.2) is 105 Å². The maximum atomic E-state index is 5.97. The molecule has 0 radical (unpaired) electrons. The first-order chi connectivity index (χ1) is 13.1. The second kappa shape index (κ2) is 9.84. The summed E-state index contributed by atoms with van der Waals surface area (Å²) in [6.45, 7) is 4.20. The number of para-hydroxylation sites is 1. The van der Waals surface area contributed by atoms with E-state index in [1.165, 1.54) is 10.5 Å². The molecule has 0 aliphatic carbocycles. The van der Waals surface area contributed by atoms with Gasteiger partial charge in [0.2, 0.25) is 0 Å². The zero-order valence-electron chi connectivity index (χ0n) is 15.2. The summed E-state index contributed by atoms with van der Waals surface area (Å²) in [5, 5.41) is 3.89. The van der Waals surface area contributed by atoms with Crippen LogP contribution in [0.2, 0.25) is 5.02 Å². The zero-order valence-corrected chi connectivity index (χ0v) is 17.6. The van der Waals surface area contributed by atoms with Crippen molar-refractivity contribution in [3.63, 3.8) is 0 Å². The first kappa shape index (κ1) is 19.8. The SMILES string of the molecule is CC(=CSc1ccc(Cl)cc1)/C(=N\c1ccccc1)Sc1ccc(C)cc1. The number of benzene rings is 3. The molecule has 0 aliphatic rings. The Morgan fingerprint density at radius 3 is 2.15 bits per heavy atom. The van der Waals surface area contributed by atoms with Crippen molar-refractivity contribution in [1.82, 2.24) is 0 Å². The second-order valence-electron chi connectivity index (χ2n) is 6.04. The van der Waals surface area contributed by atoms with Gasteiger partial charge in [0.05, 0.1) is 5.69 Å². The van der Waals surface area contributed by atoms with Gasteiger partial charge in [-0.1, -0.05) is 71.0 Å². The molecule has 0 aliphatic heterocycles. The average Bonchev–Trinajstić information content (AvgIpc) is 2.69. The van der Waals surface area contributed by atoms with Gasteiger partial charge in [0.15, 0.2) is 0 Å². The highest BCUT2D eigenvalue weighted by Crippen LogP contribution is 2.29. The minimum absolute atomic E-state index is 0.751. The van der Waals surface area contributed by atoms with E-state index in [-0.39, 0.29) is 0 Å². The van der Waals surface area contributed by atoms with Crippen LogP contribution in [0.4, 0.5) is 5.69 Å². The normalized spacial score (nSPS) is 12.3. The molecule has 0 unspecified atom stereocenters. The van der Waals surface area contributed by atoms with Gasteiger partial charge in [-0.25, -0.2) is 4.99 Å². The Morgan fingerprint density at radius 1 is 0.852 bits per heavy atom. The average molecular weight is 410 g/mol. The molecule has 0 spiro atoms. The van der Waals surface area contributed by atoms with Gasteiger partial charge in [-0.3, -0.25) is 0 Å². The summed E-state index contributed by atoms with van der Waals surface area (Å²) in [6.07, 6.45) is 0. The molecule has 4 heteroatoms. The summed E-state index contributed by atoms with van der Waals surface area (Å²) in [6, 6.07) is 26.5. The summed E-state index contributed by atoms with van der Waals surface area (Å²) in [5.41, 5.74) is 3.34. The lowest BCUT2D eigenvalue weighted by Gasteiger charge is -2.08. The molecule has 136 valence electrons. The highest BCUT2D eigenvalue weighted by molar-refractivity contribution is 8.14. The molecule has 0 aromatic heterocycles. The van der Waals surface area contributed by atoms with Crippen molar-refractivity contribution in [2.75, 3.05) is 0 Å². The number of thioether (sulfide) groups is 2. The van der Waals surface area contributed by atoms with Crippen LogP contribution in [0.5, 0.6) is 0 Å². The number of aliphatic imine (C=N–C) groups is 1. The van der Waals surface area contributed by atoms with Crippen LogP contribution in [-0.2, 0) is 0 Å². The number of hydrogen-bond donors (Lipinski definition) is 0. The van der Waals surface area contributed by atoms with Crippen molar-refractivity contribution in [1.29, 1.82) is 0 Å². The van der Waals surface area contributed by atoms with Crippen molar-refractivity contribution in [2.45, 2.75) is 23.6 Å². The molecular formula is C23H20ClNS2. The molecule has 0 saturated carbocycles. The van der Waals surface area contributed by atoms with Crippen molar-refractivity contribution < 1.29 is 0 Å². The van der Waals surface area contributed by atoms with Crippen molar-refractivity contribution in [3.05, 3.63) is 100 Å². The first-order valence-corrected chi connectivity index (χ1v) is 10.7. The van der Waals surface area contributed by atoms with E-state index in [0.29, 0.717) is 0 Å². The van der Waals surface area contributed by atoms with Crippen molar-refractivity contribution in [3.8, 4) is 0 Å². The van der Waals surface area contributed by atoms with Gasteiger partial charge in [-0.05, 0) is 73.4 Å². The number of aryl methyl sites for hydroxylation is 1. The fourth-order valence-corrected chi connectivity index (χ4v) is 4.03. The molecule has 0 bridgehead atoms.